The normalized spacial score (nSPS) is 11.2. The van der Waals surface area contributed by atoms with Crippen LogP contribution in [-0.4, -0.2) is 0 Å². The Morgan fingerprint density at radius 3 is 0.897 bits per heavy atom. The first-order valence-corrected chi connectivity index (χ1v) is 23.9. The number of aryl methyl sites for hydroxylation is 2. The molecule has 0 amide bonds. The van der Waals surface area contributed by atoms with Gasteiger partial charge in [-0.05, 0) is 163 Å². The lowest BCUT2D eigenvalue weighted by Crippen LogP contribution is -2.11. The highest BCUT2D eigenvalue weighted by molar-refractivity contribution is 6.22. The summed E-state index contributed by atoms with van der Waals surface area (Å²) in [6.07, 6.45) is 1.97. The van der Waals surface area contributed by atoms with Crippen molar-refractivity contribution in [3.63, 3.8) is 0 Å². The van der Waals surface area contributed by atoms with Crippen molar-refractivity contribution in [2.75, 3.05) is 9.80 Å². The third-order valence-corrected chi connectivity index (χ3v) is 13.4. The molecule has 0 aliphatic heterocycles. The Morgan fingerprint density at radius 2 is 0.544 bits per heavy atom. The van der Waals surface area contributed by atoms with Crippen LogP contribution in [0.25, 0.3) is 66.1 Å². The fraction of sp³-hybridized carbons (Fsp3) is 0.0606. The maximum atomic E-state index is 2.43. The van der Waals surface area contributed by atoms with E-state index in [0.717, 1.165) is 47.0 Å². The van der Waals surface area contributed by atoms with Crippen LogP contribution in [0.2, 0.25) is 0 Å². The van der Waals surface area contributed by atoms with E-state index in [1.807, 2.05) is 0 Å². The predicted octanol–water partition coefficient (Wildman–Crippen LogP) is 18.7. The molecule has 0 bridgehead atoms. The molecule has 0 radical (unpaired) electrons. The van der Waals surface area contributed by atoms with Crippen LogP contribution >= 0.6 is 0 Å². The molecule has 11 aromatic carbocycles. The summed E-state index contributed by atoms with van der Waals surface area (Å²) in [5.74, 6) is 0. The van der Waals surface area contributed by atoms with Crippen molar-refractivity contribution in [2.24, 2.45) is 0 Å². The fourth-order valence-corrected chi connectivity index (χ4v) is 9.88. The number of hydrogen-bond donors (Lipinski definition) is 0. The lowest BCUT2D eigenvalue weighted by molar-refractivity contribution is 1.14. The van der Waals surface area contributed by atoms with Crippen molar-refractivity contribution in [1.29, 1.82) is 0 Å². The highest BCUT2D eigenvalue weighted by atomic mass is 15.1. The lowest BCUT2D eigenvalue weighted by atomic mass is 9.85. The van der Waals surface area contributed by atoms with E-state index < -0.39 is 0 Å². The van der Waals surface area contributed by atoms with Gasteiger partial charge >= 0.3 is 0 Å². The second kappa shape index (κ2) is 18.8. The van der Waals surface area contributed by atoms with Gasteiger partial charge in [0.1, 0.15) is 0 Å². The second-order valence-electron chi connectivity index (χ2n) is 17.5. The Kier molecular flexibility index (Phi) is 11.7. The van der Waals surface area contributed by atoms with Crippen molar-refractivity contribution < 1.29 is 0 Å². The highest BCUT2D eigenvalue weighted by Crippen LogP contribution is 2.49. The van der Waals surface area contributed by atoms with Crippen molar-refractivity contribution in [3.05, 3.63) is 266 Å². The largest absolute Gasteiger partial charge is 0.310 e. The Bertz CT molecular complexity index is 3250. The van der Waals surface area contributed by atoms with Crippen molar-refractivity contribution in [2.45, 2.75) is 26.7 Å². The highest BCUT2D eigenvalue weighted by Gasteiger charge is 2.22. The molecule has 0 atom stereocenters. The van der Waals surface area contributed by atoms with Crippen molar-refractivity contribution in [1.82, 2.24) is 0 Å². The van der Waals surface area contributed by atoms with Crippen LogP contribution in [0.1, 0.15) is 25.0 Å². The van der Waals surface area contributed by atoms with Crippen LogP contribution in [0.3, 0.4) is 0 Å². The van der Waals surface area contributed by atoms with Crippen LogP contribution < -0.4 is 9.80 Å². The maximum absolute atomic E-state index is 2.43. The summed E-state index contributed by atoms with van der Waals surface area (Å²) >= 11 is 0. The summed E-state index contributed by atoms with van der Waals surface area (Å²) < 4.78 is 0. The van der Waals surface area contributed by atoms with Crippen LogP contribution in [0.5, 0.6) is 0 Å². The standard InChI is InChI=1S/C66H52N2/c1-3-47-31-35-55(36-32-47)67(57-29-17-27-53(43-57)49-19-9-5-10-20-49)59-39-41-61-63(45-59)65(51-23-13-7-14-24-51)62-42-40-60(46-64(62)66(61)52-25-15-8-16-26-52)68(56-37-33-48(4-2)34-38-56)58-30-18-28-54(44-58)50-21-11-6-12-22-50/h5-46H,3-4H2,1-2H3. The van der Waals surface area contributed by atoms with Gasteiger partial charge in [-0.2, -0.15) is 0 Å². The minimum Gasteiger partial charge on any atom is -0.310 e. The molecule has 0 saturated heterocycles. The third-order valence-electron chi connectivity index (χ3n) is 13.4. The van der Waals surface area contributed by atoms with Crippen LogP contribution in [0.4, 0.5) is 34.1 Å². The summed E-state index contributed by atoms with van der Waals surface area (Å²) in [4.78, 5) is 4.83. The molecule has 0 spiro atoms. The minimum absolute atomic E-state index is 0.986. The molecular formula is C66H52N2. The van der Waals surface area contributed by atoms with E-state index in [2.05, 4.69) is 278 Å². The summed E-state index contributed by atoms with van der Waals surface area (Å²) in [6.45, 7) is 4.43. The zero-order chi connectivity index (χ0) is 45.8. The van der Waals surface area contributed by atoms with E-state index in [4.69, 9.17) is 0 Å². The summed E-state index contributed by atoms with van der Waals surface area (Å²) in [7, 11) is 0. The lowest BCUT2D eigenvalue weighted by Gasteiger charge is -2.28. The number of nitrogens with zero attached hydrogens (tertiary/aromatic N) is 2. The number of anilines is 6. The summed E-state index contributed by atoms with van der Waals surface area (Å²) in [6, 6.07) is 93.5. The van der Waals surface area contributed by atoms with Crippen LogP contribution in [-0.2, 0) is 12.8 Å². The molecule has 0 aromatic heterocycles. The first-order valence-electron chi connectivity index (χ1n) is 23.9. The molecular weight excluding hydrogens is 821 g/mol. The first-order chi connectivity index (χ1) is 33.6. The molecule has 11 aromatic rings. The Hall–Kier alpha value is -8.46. The van der Waals surface area contributed by atoms with Crippen molar-refractivity contribution in [3.8, 4) is 44.5 Å². The van der Waals surface area contributed by atoms with E-state index in [9.17, 15) is 0 Å². The molecule has 2 nitrogen and oxygen atoms in total. The van der Waals surface area contributed by atoms with E-state index >= 15 is 0 Å². The smallest absolute Gasteiger partial charge is 0.0468 e. The van der Waals surface area contributed by atoms with E-state index in [-0.39, 0.29) is 0 Å². The molecule has 0 N–H and O–H groups in total. The molecule has 0 saturated carbocycles. The number of hydrogen-bond acceptors (Lipinski definition) is 2. The van der Waals surface area contributed by atoms with E-state index in [1.165, 1.54) is 77.2 Å². The molecule has 0 fully saturated rings. The molecule has 0 aliphatic carbocycles. The van der Waals surface area contributed by atoms with Gasteiger partial charge in [0.15, 0.2) is 0 Å². The van der Waals surface area contributed by atoms with Gasteiger partial charge in [0, 0.05) is 34.1 Å². The minimum atomic E-state index is 0.986. The molecule has 11 rings (SSSR count). The first kappa shape index (κ1) is 42.2. The van der Waals surface area contributed by atoms with E-state index in [1.54, 1.807) is 0 Å². The van der Waals surface area contributed by atoms with Crippen LogP contribution in [0.15, 0.2) is 255 Å². The quantitative estimate of drug-likeness (QED) is 0.113. The molecule has 0 unspecified atom stereocenters. The van der Waals surface area contributed by atoms with Gasteiger partial charge in [-0.3, -0.25) is 0 Å². The topological polar surface area (TPSA) is 6.48 Å². The Morgan fingerprint density at radius 1 is 0.235 bits per heavy atom. The molecule has 68 heavy (non-hydrogen) atoms. The van der Waals surface area contributed by atoms with Crippen molar-refractivity contribution >= 4 is 55.7 Å². The Balaban J connectivity index is 1.17. The molecule has 0 heterocycles. The van der Waals surface area contributed by atoms with Gasteiger partial charge < -0.3 is 9.80 Å². The summed E-state index contributed by atoms with van der Waals surface area (Å²) in [5.41, 5.74) is 18.8. The number of fused-ring (bicyclic) bond motifs is 2. The monoisotopic (exact) mass is 872 g/mol. The number of benzene rings is 11. The maximum Gasteiger partial charge on any atom is 0.0468 e. The molecule has 2 heteroatoms. The Labute approximate surface area is 400 Å². The SMILES string of the molecule is CCc1ccc(N(c2cccc(-c3ccccc3)c2)c2ccc3c(-c4ccccc4)c4cc(N(c5ccc(CC)cc5)c5cccc(-c6ccccc6)c5)ccc4c(-c4ccccc4)c3c2)cc1. The van der Waals surface area contributed by atoms with Gasteiger partial charge in [-0.25, -0.2) is 0 Å². The zero-order valence-electron chi connectivity index (χ0n) is 38.6. The van der Waals surface area contributed by atoms with E-state index in [0.29, 0.717) is 0 Å². The summed E-state index contributed by atoms with van der Waals surface area (Å²) in [5, 5.41) is 4.80. The van der Waals surface area contributed by atoms with Gasteiger partial charge in [0.25, 0.3) is 0 Å². The number of rotatable bonds is 12. The van der Waals surface area contributed by atoms with Gasteiger partial charge in [-0.15, -0.1) is 0 Å². The second-order valence-corrected chi connectivity index (χ2v) is 17.5. The molecule has 326 valence electrons. The zero-order valence-corrected chi connectivity index (χ0v) is 38.6. The van der Waals surface area contributed by atoms with Gasteiger partial charge in [-0.1, -0.05) is 196 Å². The van der Waals surface area contributed by atoms with Gasteiger partial charge in [0.05, 0.1) is 0 Å². The fourth-order valence-electron chi connectivity index (χ4n) is 9.88. The third kappa shape index (κ3) is 8.23. The van der Waals surface area contributed by atoms with Crippen LogP contribution in [0, 0.1) is 0 Å². The molecule has 0 aliphatic rings. The predicted molar refractivity (Wildman–Crippen MR) is 291 cm³/mol. The van der Waals surface area contributed by atoms with Gasteiger partial charge in [0.2, 0.25) is 0 Å². The average Bonchev–Trinajstić information content (AvgIpc) is 3.42. The average molecular weight is 873 g/mol.